The largest absolute Gasteiger partial charge is 0.506 e. The SMILES string of the molecule is N[C@@H](c1c(C(=O)O)ccc(Br)c1O)C1CCOCC1. The highest BCUT2D eigenvalue weighted by atomic mass is 79.9. The van der Waals surface area contributed by atoms with E-state index in [1.54, 1.807) is 0 Å². The first kappa shape index (κ1) is 14.3. The maximum Gasteiger partial charge on any atom is 0.336 e. The second kappa shape index (κ2) is 5.90. The van der Waals surface area contributed by atoms with Crippen molar-refractivity contribution in [3.05, 3.63) is 27.7 Å². The molecule has 104 valence electrons. The number of ether oxygens (including phenoxy) is 1. The minimum Gasteiger partial charge on any atom is -0.506 e. The molecular weight excluding hydrogens is 314 g/mol. The van der Waals surface area contributed by atoms with Crippen molar-refractivity contribution in [1.82, 2.24) is 0 Å². The lowest BCUT2D eigenvalue weighted by Crippen LogP contribution is -2.29. The van der Waals surface area contributed by atoms with Crippen molar-refractivity contribution in [2.24, 2.45) is 11.7 Å². The van der Waals surface area contributed by atoms with Crippen LogP contribution >= 0.6 is 15.9 Å². The molecule has 1 aromatic carbocycles. The minimum absolute atomic E-state index is 0.0553. The molecule has 0 amide bonds. The summed E-state index contributed by atoms with van der Waals surface area (Å²) >= 11 is 3.20. The van der Waals surface area contributed by atoms with E-state index in [1.165, 1.54) is 12.1 Å². The topological polar surface area (TPSA) is 92.8 Å². The third-order valence-corrected chi connectivity index (χ3v) is 4.15. The van der Waals surface area contributed by atoms with Gasteiger partial charge < -0.3 is 20.7 Å². The number of phenolic OH excluding ortho intramolecular Hbond substituents is 1. The smallest absolute Gasteiger partial charge is 0.336 e. The number of rotatable bonds is 3. The van der Waals surface area contributed by atoms with E-state index >= 15 is 0 Å². The fraction of sp³-hybridized carbons (Fsp3) is 0.462. The second-order valence-electron chi connectivity index (χ2n) is 4.64. The van der Waals surface area contributed by atoms with Crippen LogP contribution in [0.5, 0.6) is 5.75 Å². The van der Waals surface area contributed by atoms with Gasteiger partial charge in [-0.15, -0.1) is 0 Å². The summed E-state index contributed by atoms with van der Waals surface area (Å²) in [5, 5.41) is 19.3. The summed E-state index contributed by atoms with van der Waals surface area (Å²) in [7, 11) is 0. The number of aromatic carboxylic acids is 1. The van der Waals surface area contributed by atoms with E-state index in [9.17, 15) is 15.0 Å². The Hall–Kier alpha value is -1.11. The second-order valence-corrected chi connectivity index (χ2v) is 5.49. The Morgan fingerprint density at radius 3 is 2.63 bits per heavy atom. The van der Waals surface area contributed by atoms with Crippen LogP contribution in [0.1, 0.15) is 34.8 Å². The number of hydrogen-bond donors (Lipinski definition) is 3. The molecule has 1 heterocycles. The molecule has 0 aromatic heterocycles. The van der Waals surface area contributed by atoms with Crippen LogP contribution in [0, 0.1) is 5.92 Å². The normalized spacial score (nSPS) is 18.2. The van der Waals surface area contributed by atoms with Crippen molar-refractivity contribution < 1.29 is 19.7 Å². The Morgan fingerprint density at radius 2 is 2.05 bits per heavy atom. The van der Waals surface area contributed by atoms with Crippen LogP contribution in [0.15, 0.2) is 16.6 Å². The molecule has 5 nitrogen and oxygen atoms in total. The van der Waals surface area contributed by atoms with Gasteiger partial charge in [-0.3, -0.25) is 0 Å². The number of halogens is 1. The van der Waals surface area contributed by atoms with Gasteiger partial charge in [-0.25, -0.2) is 4.79 Å². The van der Waals surface area contributed by atoms with Crippen LogP contribution < -0.4 is 5.73 Å². The van der Waals surface area contributed by atoms with Gasteiger partial charge in [0.25, 0.3) is 0 Å². The lowest BCUT2D eigenvalue weighted by atomic mass is 9.85. The minimum atomic E-state index is -1.08. The van der Waals surface area contributed by atoms with E-state index in [1.807, 2.05) is 0 Å². The average molecular weight is 330 g/mol. The van der Waals surface area contributed by atoms with Crippen LogP contribution in [-0.4, -0.2) is 29.4 Å². The zero-order valence-corrected chi connectivity index (χ0v) is 11.9. The highest BCUT2D eigenvalue weighted by molar-refractivity contribution is 9.10. The zero-order chi connectivity index (χ0) is 14.0. The Balaban J connectivity index is 2.41. The molecule has 1 fully saturated rings. The molecule has 1 saturated heterocycles. The molecule has 1 aromatic rings. The highest BCUT2D eigenvalue weighted by Gasteiger charge is 2.29. The molecule has 6 heteroatoms. The molecule has 0 aliphatic carbocycles. The Bertz CT molecular complexity index is 486. The van der Waals surface area contributed by atoms with Gasteiger partial charge in [0.05, 0.1) is 10.0 Å². The quantitative estimate of drug-likeness (QED) is 0.791. The number of aromatic hydroxyl groups is 1. The molecule has 4 N–H and O–H groups in total. The summed E-state index contributed by atoms with van der Waals surface area (Å²) in [4.78, 5) is 11.3. The van der Waals surface area contributed by atoms with Gasteiger partial charge in [0.15, 0.2) is 0 Å². The summed E-state index contributed by atoms with van der Waals surface area (Å²) in [6.45, 7) is 1.24. The third-order valence-electron chi connectivity index (χ3n) is 3.51. The van der Waals surface area contributed by atoms with Crippen LogP contribution in [0.25, 0.3) is 0 Å². The Labute approximate surface area is 119 Å². The van der Waals surface area contributed by atoms with Gasteiger partial charge in [0.1, 0.15) is 5.75 Å². The number of carbonyl (C=O) groups is 1. The first-order chi connectivity index (χ1) is 9.02. The standard InChI is InChI=1S/C13H16BrNO4/c14-9-2-1-8(13(17)18)10(12(9)16)11(15)7-3-5-19-6-4-7/h1-2,7,11,16H,3-6,15H2,(H,17,18)/t11-/m1/s1. The summed E-state index contributed by atoms with van der Waals surface area (Å²) in [6.07, 6.45) is 1.54. The van der Waals surface area contributed by atoms with Crippen LogP contribution in [-0.2, 0) is 4.74 Å². The number of nitrogens with two attached hydrogens (primary N) is 1. The first-order valence-corrected chi connectivity index (χ1v) is 6.89. The zero-order valence-electron chi connectivity index (χ0n) is 10.3. The predicted octanol–water partition coefficient (Wildman–Crippen LogP) is 2.28. The average Bonchev–Trinajstić information content (AvgIpc) is 2.41. The molecule has 1 aliphatic heterocycles. The summed E-state index contributed by atoms with van der Waals surface area (Å²) in [5.41, 5.74) is 6.53. The number of carboxylic acid groups (broad SMARTS) is 1. The molecule has 0 radical (unpaired) electrons. The molecule has 0 unspecified atom stereocenters. The van der Waals surface area contributed by atoms with Crippen molar-refractivity contribution in [3.8, 4) is 5.75 Å². The molecule has 0 saturated carbocycles. The summed E-state index contributed by atoms with van der Waals surface area (Å²) in [5.74, 6) is -1.05. The van der Waals surface area contributed by atoms with Gasteiger partial charge in [0, 0.05) is 24.8 Å². The van der Waals surface area contributed by atoms with Gasteiger partial charge >= 0.3 is 5.97 Å². The van der Waals surface area contributed by atoms with Crippen molar-refractivity contribution >= 4 is 21.9 Å². The van der Waals surface area contributed by atoms with E-state index in [2.05, 4.69) is 15.9 Å². The van der Waals surface area contributed by atoms with Gasteiger partial charge in [-0.2, -0.15) is 0 Å². The van der Waals surface area contributed by atoms with E-state index in [-0.39, 0.29) is 17.2 Å². The molecule has 0 bridgehead atoms. The van der Waals surface area contributed by atoms with Crippen molar-refractivity contribution in [1.29, 1.82) is 0 Å². The number of carboxylic acids is 1. The van der Waals surface area contributed by atoms with Crippen LogP contribution in [0.3, 0.4) is 0 Å². The summed E-state index contributed by atoms with van der Waals surface area (Å²) < 4.78 is 5.73. The van der Waals surface area contributed by atoms with Gasteiger partial charge in [-0.05, 0) is 46.8 Å². The van der Waals surface area contributed by atoms with Crippen LogP contribution in [0.2, 0.25) is 0 Å². The molecule has 2 rings (SSSR count). The molecule has 1 aliphatic rings. The van der Waals surface area contributed by atoms with Crippen molar-refractivity contribution in [3.63, 3.8) is 0 Å². The molecule has 1 atom stereocenters. The van der Waals surface area contributed by atoms with Gasteiger partial charge in [0.2, 0.25) is 0 Å². The van der Waals surface area contributed by atoms with E-state index in [4.69, 9.17) is 10.5 Å². The Morgan fingerprint density at radius 1 is 1.42 bits per heavy atom. The fourth-order valence-electron chi connectivity index (χ4n) is 2.42. The number of hydrogen-bond acceptors (Lipinski definition) is 4. The summed E-state index contributed by atoms with van der Waals surface area (Å²) in [6, 6.07) is 2.46. The monoisotopic (exact) mass is 329 g/mol. The third kappa shape index (κ3) is 2.91. The number of benzene rings is 1. The Kier molecular flexibility index (Phi) is 4.44. The highest BCUT2D eigenvalue weighted by Crippen LogP contribution is 2.39. The first-order valence-electron chi connectivity index (χ1n) is 6.10. The maximum absolute atomic E-state index is 11.3. The van der Waals surface area contributed by atoms with E-state index < -0.39 is 12.0 Å². The fourth-order valence-corrected chi connectivity index (χ4v) is 2.76. The van der Waals surface area contributed by atoms with Crippen LogP contribution in [0.4, 0.5) is 0 Å². The molecule has 19 heavy (non-hydrogen) atoms. The van der Waals surface area contributed by atoms with Crippen molar-refractivity contribution in [2.45, 2.75) is 18.9 Å². The lowest BCUT2D eigenvalue weighted by molar-refractivity contribution is 0.0575. The predicted molar refractivity (Wildman–Crippen MR) is 73.2 cm³/mol. The lowest BCUT2D eigenvalue weighted by Gasteiger charge is -2.29. The van der Waals surface area contributed by atoms with Gasteiger partial charge in [-0.1, -0.05) is 0 Å². The number of phenols is 1. The van der Waals surface area contributed by atoms with E-state index in [0.29, 0.717) is 23.2 Å². The molecular formula is C13H16BrNO4. The maximum atomic E-state index is 11.3. The molecule has 0 spiro atoms. The van der Waals surface area contributed by atoms with E-state index in [0.717, 1.165) is 12.8 Å². The van der Waals surface area contributed by atoms with Crippen molar-refractivity contribution in [2.75, 3.05) is 13.2 Å².